The normalized spacial score (nSPS) is 10.4. The third-order valence-electron chi connectivity index (χ3n) is 1.55. The molecule has 1 rings (SSSR count). The van der Waals surface area contributed by atoms with Gasteiger partial charge in [-0.05, 0) is 0 Å². The lowest BCUT2D eigenvalue weighted by Gasteiger charge is -2.15. The van der Waals surface area contributed by atoms with Crippen molar-refractivity contribution in [3.05, 3.63) is 56.6 Å². The predicted octanol–water partition coefficient (Wildman–Crippen LogP) is 1.49. The van der Waals surface area contributed by atoms with E-state index in [0.717, 1.165) is 7.11 Å². The van der Waals surface area contributed by atoms with E-state index in [4.69, 9.17) is 5.21 Å². The summed E-state index contributed by atoms with van der Waals surface area (Å²) in [6.45, 7) is 0. The number of halogens is 1. The lowest BCUT2D eigenvalue weighted by atomic mass is 10.4. The van der Waals surface area contributed by atoms with Gasteiger partial charge in [-0.15, -0.1) is 0 Å². The molecular formula is C8H10BrN3O6. The molecule has 0 unspecified atom stereocenters. The van der Waals surface area contributed by atoms with Crippen LogP contribution in [0.4, 0.5) is 0 Å². The first-order chi connectivity index (χ1) is 8.37. The topological polar surface area (TPSA) is 119 Å². The number of nitro groups is 2. The first-order valence-electron chi connectivity index (χ1n) is 4.38. The molecule has 0 bridgehead atoms. The van der Waals surface area contributed by atoms with E-state index >= 15 is 0 Å². The molecule has 0 aliphatic rings. The Kier molecular flexibility index (Phi) is 6.97. The average molecular weight is 324 g/mol. The third-order valence-corrected chi connectivity index (χ3v) is 2.43. The molecule has 0 heterocycles. The van der Waals surface area contributed by atoms with Crippen molar-refractivity contribution in [1.82, 2.24) is 5.23 Å². The van der Waals surface area contributed by atoms with Crippen molar-refractivity contribution in [2.75, 3.05) is 7.11 Å². The molecule has 0 saturated heterocycles. The number of nitrogens with zero attached hydrogens (tertiary/aromatic N) is 3. The Bertz CT molecular complexity index is 349. The molecule has 0 spiro atoms. The minimum Gasteiger partial charge on any atom is -0.277 e. The fraction of sp³-hybridized carbons (Fsp3) is 0.250. The number of hydroxylamine groups is 2. The second-order valence-electron chi connectivity index (χ2n) is 2.68. The standard InChI is InChI=1S/C6H6.C2H4BrN3O6/c1-2-4-6-5-3-1;1-12-6(11)2(3,4(7)8)5(9)10/h1-6H;11H,1H3. The molecule has 1 aromatic rings. The van der Waals surface area contributed by atoms with Crippen molar-refractivity contribution in [3.8, 4) is 0 Å². The predicted molar refractivity (Wildman–Crippen MR) is 62.7 cm³/mol. The Labute approximate surface area is 110 Å². The molecule has 9 nitrogen and oxygen atoms in total. The number of benzene rings is 1. The van der Waals surface area contributed by atoms with E-state index in [9.17, 15) is 20.2 Å². The maximum Gasteiger partial charge on any atom is 0.621 e. The maximum absolute atomic E-state index is 10.1. The van der Waals surface area contributed by atoms with Gasteiger partial charge >= 0.3 is 4.70 Å². The van der Waals surface area contributed by atoms with Gasteiger partial charge in [-0.3, -0.25) is 30.3 Å². The van der Waals surface area contributed by atoms with Crippen LogP contribution in [0.5, 0.6) is 0 Å². The van der Waals surface area contributed by atoms with Crippen molar-refractivity contribution in [2.45, 2.75) is 4.70 Å². The van der Waals surface area contributed by atoms with Gasteiger partial charge in [0, 0.05) is 0 Å². The second kappa shape index (κ2) is 7.66. The van der Waals surface area contributed by atoms with Crippen LogP contribution in [0.2, 0.25) is 0 Å². The largest absolute Gasteiger partial charge is 0.621 e. The average Bonchev–Trinajstić information content (AvgIpc) is 2.39. The number of alkyl halides is 1. The molecular weight excluding hydrogens is 314 g/mol. The highest BCUT2D eigenvalue weighted by Gasteiger charge is 2.62. The van der Waals surface area contributed by atoms with E-state index in [2.05, 4.69) is 20.8 Å². The van der Waals surface area contributed by atoms with Crippen LogP contribution in [0, 0.1) is 20.2 Å². The van der Waals surface area contributed by atoms with Crippen molar-refractivity contribution in [3.63, 3.8) is 0 Å². The molecule has 0 atom stereocenters. The summed E-state index contributed by atoms with van der Waals surface area (Å²) in [6, 6.07) is 12.0. The summed E-state index contributed by atoms with van der Waals surface area (Å²) in [5.41, 5.74) is 0. The first-order valence-corrected chi connectivity index (χ1v) is 5.17. The van der Waals surface area contributed by atoms with Crippen LogP contribution in [-0.4, -0.2) is 32.1 Å². The van der Waals surface area contributed by atoms with Crippen molar-refractivity contribution >= 4 is 15.9 Å². The van der Waals surface area contributed by atoms with Crippen LogP contribution in [0.3, 0.4) is 0 Å². The van der Waals surface area contributed by atoms with E-state index in [1.807, 2.05) is 36.4 Å². The lowest BCUT2D eigenvalue weighted by Crippen LogP contribution is -2.53. The Balaban J connectivity index is 0.000000397. The zero-order chi connectivity index (χ0) is 14.2. The highest BCUT2D eigenvalue weighted by Crippen LogP contribution is 2.22. The summed E-state index contributed by atoms with van der Waals surface area (Å²) < 4.78 is -3.07. The van der Waals surface area contributed by atoms with Crippen molar-refractivity contribution in [1.29, 1.82) is 0 Å². The molecule has 100 valence electrons. The molecule has 0 saturated carbocycles. The van der Waals surface area contributed by atoms with E-state index in [1.54, 1.807) is 0 Å². The van der Waals surface area contributed by atoms with Gasteiger partial charge in [0.1, 0.15) is 25.8 Å². The van der Waals surface area contributed by atoms with Gasteiger partial charge in [0.15, 0.2) is 0 Å². The van der Waals surface area contributed by atoms with Crippen LogP contribution in [-0.2, 0) is 4.84 Å². The third kappa shape index (κ3) is 4.33. The lowest BCUT2D eigenvalue weighted by molar-refractivity contribution is -0.822. The van der Waals surface area contributed by atoms with Gasteiger partial charge in [-0.25, -0.2) is 0 Å². The maximum atomic E-state index is 10.1. The summed E-state index contributed by atoms with van der Waals surface area (Å²) >= 11 is 2.09. The summed E-state index contributed by atoms with van der Waals surface area (Å²) in [5.74, 6) is 0. The Morgan fingerprint density at radius 2 is 1.39 bits per heavy atom. The van der Waals surface area contributed by atoms with Crippen molar-refractivity contribution < 1.29 is 19.9 Å². The van der Waals surface area contributed by atoms with Gasteiger partial charge in [-0.1, -0.05) is 36.4 Å². The molecule has 18 heavy (non-hydrogen) atoms. The van der Waals surface area contributed by atoms with E-state index < -0.39 is 19.8 Å². The van der Waals surface area contributed by atoms with Gasteiger partial charge < -0.3 is 0 Å². The van der Waals surface area contributed by atoms with Crippen LogP contribution < -0.4 is 0 Å². The molecule has 0 aliphatic carbocycles. The fourth-order valence-corrected chi connectivity index (χ4v) is 0.852. The molecule has 0 aliphatic heterocycles. The zero-order valence-electron chi connectivity index (χ0n) is 9.17. The summed E-state index contributed by atoms with van der Waals surface area (Å²) in [5, 5.41) is 28.3. The monoisotopic (exact) mass is 323 g/mol. The molecule has 1 N–H and O–H groups in total. The minimum atomic E-state index is -3.07. The molecule has 1 aromatic carbocycles. The highest BCUT2D eigenvalue weighted by molar-refractivity contribution is 9.09. The van der Waals surface area contributed by atoms with E-state index in [-0.39, 0.29) is 0 Å². The van der Waals surface area contributed by atoms with Crippen LogP contribution >= 0.6 is 15.9 Å². The van der Waals surface area contributed by atoms with Crippen LogP contribution in [0.15, 0.2) is 36.4 Å². The SMILES string of the molecule is CON(O)C(Br)([N+](=O)[O-])[N+](=O)[O-].c1ccccc1. The van der Waals surface area contributed by atoms with E-state index in [1.165, 1.54) is 0 Å². The van der Waals surface area contributed by atoms with E-state index in [0.29, 0.717) is 0 Å². The van der Waals surface area contributed by atoms with Crippen molar-refractivity contribution in [2.24, 2.45) is 0 Å². The van der Waals surface area contributed by atoms with Gasteiger partial charge in [0.2, 0.25) is 0 Å². The molecule has 0 aromatic heterocycles. The molecule has 0 fully saturated rings. The number of hydrogen-bond acceptors (Lipinski definition) is 7. The van der Waals surface area contributed by atoms with Crippen LogP contribution in [0.1, 0.15) is 0 Å². The molecule has 0 radical (unpaired) electrons. The Morgan fingerprint density at radius 1 is 1.11 bits per heavy atom. The summed E-state index contributed by atoms with van der Waals surface area (Å²) in [4.78, 5) is 21.4. The Hall–Kier alpha value is -1.62. The quantitative estimate of drug-likeness (QED) is 0.293. The fourth-order valence-electron chi connectivity index (χ4n) is 0.707. The second-order valence-corrected chi connectivity index (χ2v) is 3.74. The Morgan fingerprint density at radius 3 is 1.50 bits per heavy atom. The number of hydrogen-bond donors (Lipinski definition) is 1. The minimum absolute atomic E-state index is 0.521. The van der Waals surface area contributed by atoms with Gasteiger partial charge in [0.25, 0.3) is 0 Å². The van der Waals surface area contributed by atoms with Crippen LogP contribution in [0.25, 0.3) is 0 Å². The smallest absolute Gasteiger partial charge is 0.277 e. The number of rotatable bonds is 4. The summed E-state index contributed by atoms with van der Waals surface area (Å²) in [6.07, 6.45) is 0. The molecule has 10 heteroatoms. The van der Waals surface area contributed by atoms with Gasteiger partial charge in [-0.2, -0.15) is 0 Å². The van der Waals surface area contributed by atoms with Gasteiger partial charge in [0.05, 0.1) is 12.3 Å². The first kappa shape index (κ1) is 16.4. The summed E-state index contributed by atoms with van der Waals surface area (Å²) in [7, 11) is 0.836. The molecule has 0 amide bonds. The highest BCUT2D eigenvalue weighted by atomic mass is 79.9. The zero-order valence-corrected chi connectivity index (χ0v) is 10.8.